The van der Waals surface area contributed by atoms with E-state index in [1.165, 1.54) is 0 Å². The van der Waals surface area contributed by atoms with Crippen LogP contribution in [0.4, 0.5) is 0 Å². The quantitative estimate of drug-likeness (QED) is 0.450. The normalized spacial score (nSPS) is 10.7. The maximum Gasteiger partial charge on any atom is 0.0431 e. The molecule has 10 heavy (non-hydrogen) atoms. The molecular formula is C8H16OS. The van der Waals surface area contributed by atoms with Crippen molar-refractivity contribution in [3.63, 3.8) is 0 Å². The average molecular weight is 160 g/mol. The topological polar surface area (TPSA) is 20.2 Å². The molecule has 0 fully saturated rings. The van der Waals surface area contributed by atoms with Crippen molar-refractivity contribution in [2.45, 2.75) is 12.8 Å². The molecular weight excluding hydrogens is 144 g/mol. The first kappa shape index (κ1) is 9.79. The highest BCUT2D eigenvalue weighted by Crippen LogP contribution is 2.27. The zero-order valence-corrected chi connectivity index (χ0v) is 7.19. The van der Waals surface area contributed by atoms with E-state index in [0.29, 0.717) is 6.61 Å². The predicted molar refractivity (Wildman–Crippen MR) is 50.6 cm³/mol. The van der Waals surface area contributed by atoms with E-state index in [-0.39, 0.29) is 10.9 Å². The Balaban J connectivity index is 3.25. The molecule has 1 nitrogen and oxygen atoms in total. The summed E-state index contributed by atoms with van der Waals surface area (Å²) in [5.41, 5.74) is 0. The Morgan fingerprint density at radius 2 is 1.80 bits per heavy atom. The summed E-state index contributed by atoms with van der Waals surface area (Å²) in [4.78, 5) is 0. The van der Waals surface area contributed by atoms with Gasteiger partial charge in [0.15, 0.2) is 0 Å². The SMILES string of the molecule is C=C[SH](C=C)CCCCO. The van der Waals surface area contributed by atoms with Gasteiger partial charge in [0, 0.05) is 6.61 Å². The Morgan fingerprint density at radius 3 is 2.20 bits per heavy atom. The maximum absolute atomic E-state index is 8.48. The van der Waals surface area contributed by atoms with E-state index in [1.54, 1.807) is 0 Å². The summed E-state index contributed by atoms with van der Waals surface area (Å²) in [7, 11) is -0.151. The van der Waals surface area contributed by atoms with Gasteiger partial charge in [-0.05, 0) is 18.6 Å². The molecule has 0 rings (SSSR count). The van der Waals surface area contributed by atoms with Crippen molar-refractivity contribution in [2.24, 2.45) is 0 Å². The van der Waals surface area contributed by atoms with Gasteiger partial charge in [-0.2, -0.15) is 0 Å². The molecule has 0 bridgehead atoms. The highest BCUT2D eigenvalue weighted by molar-refractivity contribution is 8.22. The molecule has 1 N–H and O–H groups in total. The van der Waals surface area contributed by atoms with Crippen LogP contribution in [-0.4, -0.2) is 17.5 Å². The number of aliphatic hydroxyl groups excluding tert-OH is 1. The summed E-state index contributed by atoms with van der Waals surface area (Å²) in [5, 5.41) is 12.4. The smallest absolute Gasteiger partial charge is 0.0431 e. The number of hydrogen-bond donors (Lipinski definition) is 2. The summed E-state index contributed by atoms with van der Waals surface area (Å²) in [6.45, 7) is 7.71. The van der Waals surface area contributed by atoms with E-state index < -0.39 is 0 Å². The molecule has 0 unspecified atom stereocenters. The summed E-state index contributed by atoms with van der Waals surface area (Å²) in [6, 6.07) is 0. The van der Waals surface area contributed by atoms with E-state index in [0.717, 1.165) is 18.6 Å². The van der Waals surface area contributed by atoms with Crippen molar-refractivity contribution >= 4 is 10.9 Å². The van der Waals surface area contributed by atoms with Crippen LogP contribution in [0.2, 0.25) is 0 Å². The number of aliphatic hydroxyl groups is 1. The van der Waals surface area contributed by atoms with Gasteiger partial charge in [-0.25, -0.2) is 10.9 Å². The fraction of sp³-hybridized carbons (Fsp3) is 0.500. The van der Waals surface area contributed by atoms with Gasteiger partial charge in [0.1, 0.15) is 0 Å². The first-order valence-electron chi connectivity index (χ1n) is 3.47. The second-order valence-corrected chi connectivity index (χ2v) is 4.24. The molecule has 0 aromatic carbocycles. The Kier molecular flexibility index (Phi) is 6.76. The molecule has 0 amide bonds. The lowest BCUT2D eigenvalue weighted by Gasteiger charge is -2.09. The standard InChI is InChI=1S/C8H16OS/c1-3-10(4-2)8-6-5-7-9/h3-4,9-10H,1-2,5-8H2. The predicted octanol–water partition coefficient (Wildman–Crippen LogP) is 2.05. The molecule has 0 spiro atoms. The fourth-order valence-corrected chi connectivity index (χ4v) is 1.77. The van der Waals surface area contributed by atoms with Gasteiger partial charge >= 0.3 is 0 Å². The molecule has 0 saturated carbocycles. The minimum absolute atomic E-state index is 0.151. The van der Waals surface area contributed by atoms with Crippen LogP contribution in [0, 0.1) is 0 Å². The van der Waals surface area contributed by atoms with E-state index in [9.17, 15) is 0 Å². The molecule has 0 aromatic rings. The summed E-state index contributed by atoms with van der Waals surface area (Å²) >= 11 is 0. The first-order valence-corrected chi connectivity index (χ1v) is 5.13. The minimum atomic E-state index is -0.151. The molecule has 2 heteroatoms. The van der Waals surface area contributed by atoms with Crippen molar-refractivity contribution in [1.29, 1.82) is 0 Å². The molecule has 0 aliphatic rings. The van der Waals surface area contributed by atoms with Crippen LogP contribution in [-0.2, 0) is 0 Å². The maximum atomic E-state index is 8.48. The van der Waals surface area contributed by atoms with Crippen LogP contribution in [0.25, 0.3) is 0 Å². The van der Waals surface area contributed by atoms with Crippen LogP contribution >= 0.6 is 10.9 Å². The van der Waals surface area contributed by atoms with E-state index >= 15 is 0 Å². The summed E-state index contributed by atoms with van der Waals surface area (Å²) in [6.07, 6.45) is 1.99. The number of hydrogen-bond acceptors (Lipinski definition) is 1. The molecule has 0 radical (unpaired) electrons. The second kappa shape index (κ2) is 6.90. The molecule has 60 valence electrons. The highest BCUT2D eigenvalue weighted by atomic mass is 32.2. The lowest BCUT2D eigenvalue weighted by Crippen LogP contribution is -1.87. The lowest BCUT2D eigenvalue weighted by molar-refractivity contribution is 0.287. The molecule has 0 heterocycles. The van der Waals surface area contributed by atoms with Crippen molar-refractivity contribution in [1.82, 2.24) is 0 Å². The summed E-state index contributed by atoms with van der Waals surface area (Å²) < 4.78 is 0. The molecule has 0 saturated heterocycles. The lowest BCUT2D eigenvalue weighted by atomic mass is 10.4. The largest absolute Gasteiger partial charge is 0.396 e. The van der Waals surface area contributed by atoms with Gasteiger partial charge < -0.3 is 5.11 Å². The Hall–Kier alpha value is -0.210. The summed E-state index contributed by atoms with van der Waals surface area (Å²) in [5.74, 6) is 1.13. The van der Waals surface area contributed by atoms with Crippen LogP contribution in [0.1, 0.15) is 12.8 Å². The third-order valence-electron chi connectivity index (χ3n) is 1.29. The van der Waals surface area contributed by atoms with Gasteiger partial charge in [0.25, 0.3) is 0 Å². The van der Waals surface area contributed by atoms with Crippen LogP contribution in [0.15, 0.2) is 24.0 Å². The first-order chi connectivity index (χ1) is 4.85. The zero-order chi connectivity index (χ0) is 7.82. The molecule has 0 aliphatic heterocycles. The van der Waals surface area contributed by atoms with Gasteiger partial charge in [-0.15, -0.1) is 0 Å². The average Bonchev–Trinajstić information content (AvgIpc) is 1.99. The molecule has 0 aromatic heterocycles. The van der Waals surface area contributed by atoms with Gasteiger partial charge in [-0.3, -0.25) is 0 Å². The Bertz CT molecular complexity index is 93.4. The monoisotopic (exact) mass is 160 g/mol. The van der Waals surface area contributed by atoms with Crippen LogP contribution in [0.5, 0.6) is 0 Å². The van der Waals surface area contributed by atoms with Gasteiger partial charge in [-0.1, -0.05) is 24.0 Å². The van der Waals surface area contributed by atoms with Crippen molar-refractivity contribution in [3.8, 4) is 0 Å². The third-order valence-corrected chi connectivity index (χ3v) is 3.06. The third kappa shape index (κ3) is 4.65. The number of unbranched alkanes of at least 4 members (excludes halogenated alkanes) is 1. The van der Waals surface area contributed by atoms with Gasteiger partial charge in [0.2, 0.25) is 0 Å². The van der Waals surface area contributed by atoms with E-state index in [1.807, 2.05) is 10.8 Å². The van der Waals surface area contributed by atoms with Crippen molar-refractivity contribution < 1.29 is 5.11 Å². The minimum Gasteiger partial charge on any atom is -0.396 e. The second-order valence-electron chi connectivity index (χ2n) is 2.03. The number of rotatable bonds is 6. The zero-order valence-electron chi connectivity index (χ0n) is 6.29. The van der Waals surface area contributed by atoms with Crippen molar-refractivity contribution in [3.05, 3.63) is 24.0 Å². The molecule has 0 atom stereocenters. The van der Waals surface area contributed by atoms with E-state index in [4.69, 9.17) is 5.11 Å². The Labute approximate surface area is 65.8 Å². The van der Waals surface area contributed by atoms with Crippen molar-refractivity contribution in [2.75, 3.05) is 12.4 Å². The highest BCUT2D eigenvalue weighted by Gasteiger charge is 1.91. The van der Waals surface area contributed by atoms with E-state index in [2.05, 4.69) is 13.2 Å². The number of thiol groups is 1. The Morgan fingerprint density at radius 1 is 1.20 bits per heavy atom. The van der Waals surface area contributed by atoms with Gasteiger partial charge in [0.05, 0.1) is 0 Å². The van der Waals surface area contributed by atoms with Crippen LogP contribution in [0.3, 0.4) is 0 Å². The fourth-order valence-electron chi connectivity index (χ4n) is 0.663. The van der Waals surface area contributed by atoms with Crippen LogP contribution < -0.4 is 0 Å². The molecule has 0 aliphatic carbocycles.